The molecule has 6 nitrogen and oxygen atoms in total. The van der Waals surface area contributed by atoms with Crippen LogP contribution in [0.4, 0.5) is 4.79 Å². The molecule has 0 aromatic heterocycles. The zero-order valence-electron chi connectivity index (χ0n) is 13.3. The van der Waals surface area contributed by atoms with E-state index in [1.807, 2.05) is 0 Å². The quantitative estimate of drug-likeness (QED) is 0.793. The van der Waals surface area contributed by atoms with Crippen LogP contribution in [0, 0.1) is 5.92 Å². The topological polar surface area (TPSA) is 81.7 Å². The van der Waals surface area contributed by atoms with Crippen LogP contribution in [0.1, 0.15) is 31.9 Å². The van der Waals surface area contributed by atoms with Crippen LogP contribution in [0.25, 0.3) is 0 Å². The predicted molar refractivity (Wildman–Crippen MR) is 85.6 cm³/mol. The third-order valence-corrected chi connectivity index (χ3v) is 4.22. The van der Waals surface area contributed by atoms with Gasteiger partial charge in [-0.15, -0.1) is 0 Å². The van der Waals surface area contributed by atoms with Crippen LogP contribution >= 0.6 is 0 Å². The van der Waals surface area contributed by atoms with Crippen LogP contribution in [-0.4, -0.2) is 35.0 Å². The van der Waals surface area contributed by atoms with Crippen molar-refractivity contribution in [1.29, 1.82) is 0 Å². The minimum absolute atomic E-state index is 0.0359. The lowest BCUT2D eigenvalue weighted by Crippen LogP contribution is -2.44. The maximum absolute atomic E-state index is 12.7. The minimum atomic E-state index is -0.476. The van der Waals surface area contributed by atoms with E-state index in [9.17, 15) is 14.7 Å². The Hall–Kier alpha value is -2.50. The van der Waals surface area contributed by atoms with Crippen LogP contribution < -0.4 is 10.6 Å². The van der Waals surface area contributed by atoms with Gasteiger partial charge in [0.1, 0.15) is 5.75 Å². The number of carbonyl (C=O) groups excluding carboxylic acids is 2. The lowest BCUT2D eigenvalue weighted by atomic mass is 9.96. The van der Waals surface area contributed by atoms with E-state index in [2.05, 4.69) is 24.5 Å². The van der Waals surface area contributed by atoms with E-state index >= 15 is 0 Å². The minimum Gasteiger partial charge on any atom is -0.508 e. The fourth-order valence-corrected chi connectivity index (χ4v) is 2.94. The monoisotopic (exact) mass is 315 g/mol. The molecule has 6 heteroatoms. The van der Waals surface area contributed by atoms with E-state index in [-0.39, 0.29) is 17.7 Å². The summed E-state index contributed by atoms with van der Waals surface area (Å²) in [6.07, 6.45) is 0.928. The summed E-state index contributed by atoms with van der Waals surface area (Å²) in [4.78, 5) is 26.4. The van der Waals surface area contributed by atoms with Gasteiger partial charge in [-0.25, -0.2) is 4.79 Å². The normalized spacial score (nSPS) is 20.7. The zero-order chi connectivity index (χ0) is 16.6. The van der Waals surface area contributed by atoms with Crippen LogP contribution in [0.15, 0.2) is 35.5 Å². The SMILES string of the molecule is CC(C)CCN1CC2=C(C1=O)C(c1ccc(O)cc1)NC(=O)N2. The molecule has 122 valence electrons. The van der Waals surface area contributed by atoms with Crippen molar-refractivity contribution >= 4 is 11.9 Å². The summed E-state index contributed by atoms with van der Waals surface area (Å²) in [6, 6.07) is 5.77. The van der Waals surface area contributed by atoms with Gasteiger partial charge in [0.25, 0.3) is 5.91 Å². The Labute approximate surface area is 135 Å². The number of hydrogen-bond acceptors (Lipinski definition) is 3. The summed E-state index contributed by atoms with van der Waals surface area (Å²) >= 11 is 0. The van der Waals surface area contributed by atoms with Gasteiger partial charge in [-0.3, -0.25) is 4.79 Å². The van der Waals surface area contributed by atoms with Gasteiger partial charge in [-0.2, -0.15) is 0 Å². The lowest BCUT2D eigenvalue weighted by Gasteiger charge is -2.25. The first-order valence-electron chi connectivity index (χ1n) is 7.84. The van der Waals surface area contributed by atoms with Crippen molar-refractivity contribution in [2.45, 2.75) is 26.3 Å². The van der Waals surface area contributed by atoms with Crippen LogP contribution in [0.2, 0.25) is 0 Å². The molecule has 1 aromatic rings. The van der Waals surface area contributed by atoms with Crippen molar-refractivity contribution in [2.75, 3.05) is 13.1 Å². The molecule has 1 unspecified atom stereocenters. The summed E-state index contributed by atoms with van der Waals surface area (Å²) in [5, 5.41) is 15.0. The van der Waals surface area contributed by atoms with Gasteiger partial charge in [-0.1, -0.05) is 26.0 Å². The molecule has 2 aliphatic heterocycles. The fourth-order valence-electron chi connectivity index (χ4n) is 2.94. The van der Waals surface area contributed by atoms with Crippen molar-refractivity contribution in [1.82, 2.24) is 15.5 Å². The van der Waals surface area contributed by atoms with Gasteiger partial charge in [0.15, 0.2) is 0 Å². The van der Waals surface area contributed by atoms with Crippen molar-refractivity contribution in [2.24, 2.45) is 5.92 Å². The molecule has 3 amide bonds. The van der Waals surface area contributed by atoms with E-state index in [0.717, 1.165) is 12.0 Å². The van der Waals surface area contributed by atoms with Gasteiger partial charge < -0.3 is 20.6 Å². The standard InChI is InChI=1S/C17H21N3O3/c1-10(2)7-8-20-9-13-14(16(20)22)15(19-17(23)18-13)11-3-5-12(21)6-4-11/h3-6,10,15,21H,7-9H2,1-2H3,(H2,18,19,23). The molecule has 0 saturated carbocycles. The van der Waals surface area contributed by atoms with E-state index in [0.29, 0.717) is 30.3 Å². The number of hydrogen-bond donors (Lipinski definition) is 3. The first-order valence-corrected chi connectivity index (χ1v) is 7.84. The van der Waals surface area contributed by atoms with Gasteiger partial charge in [-0.05, 0) is 30.0 Å². The number of carbonyl (C=O) groups is 2. The Bertz CT molecular complexity index is 664. The first-order chi connectivity index (χ1) is 11.0. The molecule has 0 aliphatic carbocycles. The molecule has 0 saturated heterocycles. The zero-order valence-corrected chi connectivity index (χ0v) is 13.3. The van der Waals surface area contributed by atoms with Gasteiger partial charge >= 0.3 is 6.03 Å². The van der Waals surface area contributed by atoms with Crippen molar-refractivity contribution in [3.8, 4) is 5.75 Å². The largest absolute Gasteiger partial charge is 0.508 e. The van der Waals surface area contributed by atoms with E-state index < -0.39 is 6.04 Å². The molecule has 0 fully saturated rings. The summed E-state index contributed by atoms with van der Waals surface area (Å²) in [7, 11) is 0. The Kier molecular flexibility index (Phi) is 3.98. The van der Waals surface area contributed by atoms with Crippen LogP contribution in [-0.2, 0) is 4.79 Å². The number of nitrogens with zero attached hydrogens (tertiary/aromatic N) is 1. The van der Waals surface area contributed by atoms with E-state index in [1.54, 1.807) is 29.2 Å². The van der Waals surface area contributed by atoms with Gasteiger partial charge in [0.2, 0.25) is 0 Å². The third kappa shape index (κ3) is 3.02. The number of urea groups is 1. The summed E-state index contributed by atoms with van der Waals surface area (Å²) < 4.78 is 0. The number of phenolic OH excluding ortho intramolecular Hbond substituents is 1. The highest BCUT2D eigenvalue weighted by Crippen LogP contribution is 2.33. The lowest BCUT2D eigenvalue weighted by molar-refractivity contribution is -0.125. The Morgan fingerprint density at radius 1 is 1.26 bits per heavy atom. The predicted octanol–water partition coefficient (Wildman–Crippen LogP) is 1.89. The molecule has 3 N–H and O–H groups in total. The number of amides is 3. The molecule has 3 rings (SSSR count). The average Bonchev–Trinajstić information content (AvgIpc) is 2.81. The molecule has 1 aromatic carbocycles. The highest BCUT2D eigenvalue weighted by molar-refractivity contribution is 6.01. The molecule has 0 radical (unpaired) electrons. The Morgan fingerprint density at radius 2 is 1.96 bits per heavy atom. The molecule has 0 bridgehead atoms. The highest BCUT2D eigenvalue weighted by Gasteiger charge is 2.40. The average molecular weight is 315 g/mol. The third-order valence-electron chi connectivity index (χ3n) is 4.22. The maximum Gasteiger partial charge on any atom is 0.319 e. The molecule has 2 aliphatic rings. The summed E-state index contributed by atoms with van der Waals surface area (Å²) in [5.74, 6) is 0.631. The highest BCUT2D eigenvalue weighted by atomic mass is 16.3. The molecule has 1 atom stereocenters. The van der Waals surface area contributed by atoms with Gasteiger partial charge in [0, 0.05) is 6.54 Å². The molecular weight excluding hydrogens is 294 g/mol. The fraction of sp³-hybridized carbons (Fsp3) is 0.412. The van der Waals surface area contributed by atoms with Crippen molar-refractivity contribution < 1.29 is 14.7 Å². The second-order valence-electron chi connectivity index (χ2n) is 6.42. The first kappa shape index (κ1) is 15.4. The number of nitrogens with one attached hydrogen (secondary N) is 2. The summed E-state index contributed by atoms with van der Waals surface area (Å²) in [5.41, 5.74) is 2.06. The van der Waals surface area contributed by atoms with Crippen molar-refractivity contribution in [3.63, 3.8) is 0 Å². The molecule has 2 heterocycles. The molecular formula is C17H21N3O3. The van der Waals surface area contributed by atoms with Crippen molar-refractivity contribution in [3.05, 3.63) is 41.1 Å². The van der Waals surface area contributed by atoms with E-state index in [1.165, 1.54) is 0 Å². The number of rotatable bonds is 4. The van der Waals surface area contributed by atoms with Crippen LogP contribution in [0.3, 0.4) is 0 Å². The second kappa shape index (κ2) is 5.95. The Morgan fingerprint density at radius 3 is 2.61 bits per heavy atom. The Balaban J connectivity index is 1.87. The molecule has 23 heavy (non-hydrogen) atoms. The molecule has 0 spiro atoms. The summed E-state index contributed by atoms with van der Waals surface area (Å²) in [6.45, 7) is 5.37. The maximum atomic E-state index is 12.7. The van der Waals surface area contributed by atoms with E-state index in [4.69, 9.17) is 0 Å². The number of phenols is 1. The number of aromatic hydroxyl groups is 1. The van der Waals surface area contributed by atoms with Gasteiger partial charge in [0.05, 0.1) is 23.9 Å². The second-order valence-corrected chi connectivity index (χ2v) is 6.42. The number of benzene rings is 1. The smallest absolute Gasteiger partial charge is 0.319 e. The van der Waals surface area contributed by atoms with Crippen LogP contribution in [0.5, 0.6) is 5.75 Å².